The summed E-state index contributed by atoms with van der Waals surface area (Å²) in [6.07, 6.45) is 0.226. The number of ether oxygens (including phenoxy) is 3. The molecule has 7 heteroatoms. The van der Waals surface area contributed by atoms with Crippen molar-refractivity contribution in [3.63, 3.8) is 0 Å². The van der Waals surface area contributed by atoms with E-state index in [-0.39, 0.29) is 30.7 Å². The van der Waals surface area contributed by atoms with Crippen LogP contribution in [0.25, 0.3) is 0 Å². The molecule has 0 aliphatic heterocycles. The van der Waals surface area contributed by atoms with Crippen molar-refractivity contribution >= 4 is 11.8 Å². The molecule has 7 nitrogen and oxygen atoms in total. The predicted molar refractivity (Wildman–Crippen MR) is 115 cm³/mol. The lowest BCUT2D eigenvalue weighted by Crippen LogP contribution is -2.49. The Balaban J connectivity index is 2.04. The van der Waals surface area contributed by atoms with Crippen molar-refractivity contribution < 1.29 is 23.8 Å². The summed E-state index contributed by atoms with van der Waals surface area (Å²) < 4.78 is 16.0. The minimum absolute atomic E-state index is 0.0651. The first kappa shape index (κ1) is 23.1. The molecule has 162 valence electrons. The van der Waals surface area contributed by atoms with Crippen molar-refractivity contribution in [1.82, 2.24) is 10.6 Å². The maximum atomic E-state index is 12.8. The molecule has 0 aliphatic carbocycles. The van der Waals surface area contributed by atoms with Crippen LogP contribution in [0.1, 0.15) is 25.0 Å². The fraction of sp³-hybridized carbons (Fsp3) is 0.391. The van der Waals surface area contributed by atoms with Gasteiger partial charge in [-0.25, -0.2) is 0 Å². The van der Waals surface area contributed by atoms with Crippen molar-refractivity contribution in [1.29, 1.82) is 0 Å². The van der Waals surface area contributed by atoms with Gasteiger partial charge in [0.1, 0.15) is 6.04 Å². The summed E-state index contributed by atoms with van der Waals surface area (Å²) in [7, 11) is 4.61. The summed E-state index contributed by atoms with van der Waals surface area (Å²) in [6.45, 7) is 4.05. The Bertz CT molecular complexity index is 827. The zero-order valence-electron chi connectivity index (χ0n) is 18.2. The van der Waals surface area contributed by atoms with Gasteiger partial charge in [-0.3, -0.25) is 9.59 Å². The molecule has 0 aromatic heterocycles. The molecule has 2 amide bonds. The van der Waals surface area contributed by atoms with Crippen molar-refractivity contribution in [2.24, 2.45) is 5.92 Å². The quantitative estimate of drug-likeness (QED) is 0.624. The Labute approximate surface area is 177 Å². The molecule has 0 unspecified atom stereocenters. The number of hydrogen-bond acceptors (Lipinski definition) is 5. The van der Waals surface area contributed by atoms with Gasteiger partial charge < -0.3 is 24.8 Å². The van der Waals surface area contributed by atoms with E-state index in [4.69, 9.17) is 14.2 Å². The lowest BCUT2D eigenvalue weighted by molar-refractivity contribution is -0.129. The molecule has 2 N–H and O–H groups in total. The number of methoxy groups -OCH3 is 3. The molecule has 0 radical (unpaired) electrons. The highest BCUT2D eigenvalue weighted by Crippen LogP contribution is 2.38. The highest BCUT2D eigenvalue weighted by atomic mass is 16.5. The van der Waals surface area contributed by atoms with Crippen LogP contribution in [0, 0.1) is 5.92 Å². The van der Waals surface area contributed by atoms with Crippen LogP contribution >= 0.6 is 0 Å². The van der Waals surface area contributed by atoms with Crippen LogP contribution in [0.4, 0.5) is 0 Å². The number of amides is 2. The van der Waals surface area contributed by atoms with E-state index in [1.165, 1.54) is 21.3 Å². The van der Waals surface area contributed by atoms with Crippen molar-refractivity contribution in [3.05, 3.63) is 53.6 Å². The average molecular weight is 415 g/mol. The van der Waals surface area contributed by atoms with E-state index in [1.54, 1.807) is 12.1 Å². The summed E-state index contributed by atoms with van der Waals surface area (Å²) in [4.78, 5) is 25.2. The average Bonchev–Trinajstić information content (AvgIpc) is 2.75. The predicted octanol–water partition coefficient (Wildman–Crippen LogP) is 2.71. The van der Waals surface area contributed by atoms with Gasteiger partial charge in [-0.2, -0.15) is 0 Å². The standard InChI is InChI=1S/C23H30N2O5/c1-15(2)21(25-20(26)13-16-9-7-6-8-10-16)23(27)24-14-17-11-18(28-3)22(30-5)19(12-17)29-4/h6-12,15,21H,13-14H2,1-5H3,(H,24,27)(H,25,26)/t21-/m0/s1. The Hall–Kier alpha value is -3.22. The summed E-state index contributed by atoms with van der Waals surface area (Å²) in [5.41, 5.74) is 1.69. The van der Waals surface area contributed by atoms with E-state index in [1.807, 2.05) is 44.2 Å². The third-order valence-corrected chi connectivity index (χ3v) is 4.66. The van der Waals surface area contributed by atoms with Gasteiger partial charge in [0.25, 0.3) is 0 Å². The molecule has 2 rings (SSSR count). The van der Waals surface area contributed by atoms with Gasteiger partial charge in [-0.15, -0.1) is 0 Å². The highest BCUT2D eigenvalue weighted by Gasteiger charge is 2.24. The summed E-state index contributed by atoms with van der Waals surface area (Å²) in [6, 6.07) is 12.3. The second kappa shape index (κ2) is 11.1. The fourth-order valence-corrected chi connectivity index (χ4v) is 3.08. The van der Waals surface area contributed by atoms with Crippen molar-refractivity contribution in [3.8, 4) is 17.2 Å². The van der Waals surface area contributed by atoms with Crippen LogP contribution in [0.3, 0.4) is 0 Å². The maximum absolute atomic E-state index is 12.8. The van der Waals surface area contributed by atoms with E-state index in [9.17, 15) is 9.59 Å². The molecular formula is C23H30N2O5. The Morgan fingerprint density at radius 3 is 2.00 bits per heavy atom. The number of nitrogens with one attached hydrogen (secondary N) is 2. The number of carbonyl (C=O) groups is 2. The molecule has 2 aromatic carbocycles. The molecule has 0 aliphatic rings. The van der Waals surface area contributed by atoms with Gasteiger partial charge in [-0.05, 0) is 29.2 Å². The minimum atomic E-state index is -0.636. The molecule has 0 saturated carbocycles. The summed E-state index contributed by atoms with van der Waals surface area (Å²) in [5, 5.41) is 5.73. The molecule has 0 fully saturated rings. The lowest BCUT2D eigenvalue weighted by Gasteiger charge is -2.22. The largest absolute Gasteiger partial charge is 0.493 e. The second-order valence-electron chi connectivity index (χ2n) is 7.20. The van der Waals surface area contributed by atoms with Crippen LogP contribution in [0.2, 0.25) is 0 Å². The van der Waals surface area contributed by atoms with Gasteiger partial charge in [0.2, 0.25) is 17.6 Å². The van der Waals surface area contributed by atoms with E-state index in [2.05, 4.69) is 10.6 Å². The molecule has 1 atom stereocenters. The first-order chi connectivity index (χ1) is 14.4. The van der Waals surface area contributed by atoms with Gasteiger partial charge in [0, 0.05) is 6.54 Å². The number of carbonyl (C=O) groups excluding carboxylic acids is 2. The topological polar surface area (TPSA) is 85.9 Å². The molecule has 0 heterocycles. The third-order valence-electron chi connectivity index (χ3n) is 4.66. The van der Waals surface area contributed by atoms with Gasteiger partial charge in [0.15, 0.2) is 11.5 Å². The van der Waals surface area contributed by atoms with E-state index in [0.717, 1.165) is 11.1 Å². The number of rotatable bonds is 10. The Morgan fingerprint density at radius 2 is 1.50 bits per heavy atom. The zero-order chi connectivity index (χ0) is 22.1. The SMILES string of the molecule is COc1cc(CNC(=O)[C@@H](NC(=O)Cc2ccccc2)C(C)C)cc(OC)c1OC. The van der Waals surface area contributed by atoms with E-state index >= 15 is 0 Å². The van der Waals surface area contributed by atoms with Crippen LogP contribution in [0.5, 0.6) is 17.2 Å². The fourth-order valence-electron chi connectivity index (χ4n) is 3.08. The zero-order valence-corrected chi connectivity index (χ0v) is 18.2. The highest BCUT2D eigenvalue weighted by molar-refractivity contribution is 5.88. The first-order valence-corrected chi connectivity index (χ1v) is 9.79. The molecule has 0 saturated heterocycles. The number of hydrogen-bond donors (Lipinski definition) is 2. The monoisotopic (exact) mass is 414 g/mol. The molecular weight excluding hydrogens is 384 g/mol. The van der Waals surface area contributed by atoms with Gasteiger partial charge in [-0.1, -0.05) is 44.2 Å². The third kappa shape index (κ3) is 6.14. The first-order valence-electron chi connectivity index (χ1n) is 9.79. The Kier molecular flexibility index (Phi) is 8.53. The molecule has 2 aromatic rings. The summed E-state index contributed by atoms with van der Waals surface area (Å²) in [5.74, 6) is 1.01. The molecule has 0 spiro atoms. The van der Waals surface area contributed by atoms with Crippen LogP contribution in [0.15, 0.2) is 42.5 Å². The van der Waals surface area contributed by atoms with Crippen molar-refractivity contribution in [2.75, 3.05) is 21.3 Å². The van der Waals surface area contributed by atoms with Gasteiger partial charge >= 0.3 is 0 Å². The Morgan fingerprint density at radius 1 is 0.900 bits per heavy atom. The number of benzene rings is 2. The van der Waals surface area contributed by atoms with E-state index < -0.39 is 6.04 Å². The molecule has 30 heavy (non-hydrogen) atoms. The minimum Gasteiger partial charge on any atom is -0.493 e. The van der Waals surface area contributed by atoms with Crippen LogP contribution < -0.4 is 24.8 Å². The van der Waals surface area contributed by atoms with Gasteiger partial charge in [0.05, 0.1) is 27.8 Å². The summed E-state index contributed by atoms with van der Waals surface area (Å²) >= 11 is 0. The smallest absolute Gasteiger partial charge is 0.243 e. The maximum Gasteiger partial charge on any atom is 0.243 e. The van der Waals surface area contributed by atoms with E-state index in [0.29, 0.717) is 17.2 Å². The normalized spacial score (nSPS) is 11.5. The van der Waals surface area contributed by atoms with Crippen LogP contribution in [-0.2, 0) is 22.6 Å². The second-order valence-corrected chi connectivity index (χ2v) is 7.20. The molecule has 0 bridgehead atoms. The van der Waals surface area contributed by atoms with Crippen molar-refractivity contribution in [2.45, 2.75) is 32.9 Å². The lowest BCUT2D eigenvalue weighted by atomic mass is 10.0. The van der Waals surface area contributed by atoms with Crippen LogP contribution in [-0.4, -0.2) is 39.2 Å².